The van der Waals surface area contributed by atoms with E-state index in [1.807, 2.05) is 61.9 Å². The first-order valence-electron chi connectivity index (χ1n) is 7.88. The van der Waals surface area contributed by atoms with Gasteiger partial charge in [0.15, 0.2) is 10.9 Å². The summed E-state index contributed by atoms with van der Waals surface area (Å²) in [6.07, 6.45) is 1.85. The summed E-state index contributed by atoms with van der Waals surface area (Å²) in [5, 5.41) is 0.856. The summed E-state index contributed by atoms with van der Waals surface area (Å²) in [6.45, 7) is 8.50. The lowest BCUT2D eigenvalue weighted by atomic mass is 10.2. The SMILES string of the molecule is C=CCn1c(SCC(=O)c2cc(C)n(C)c2C)nc2ccccc21. The number of rotatable bonds is 6. The van der Waals surface area contributed by atoms with E-state index in [9.17, 15) is 4.79 Å². The molecule has 4 nitrogen and oxygen atoms in total. The van der Waals surface area contributed by atoms with Crippen LogP contribution in [0.2, 0.25) is 0 Å². The molecule has 0 aliphatic heterocycles. The van der Waals surface area contributed by atoms with E-state index in [0.717, 1.165) is 33.1 Å². The first-order valence-corrected chi connectivity index (χ1v) is 8.86. The summed E-state index contributed by atoms with van der Waals surface area (Å²) in [5.41, 5.74) is 4.92. The Morgan fingerprint density at radius 1 is 1.33 bits per heavy atom. The second-order valence-corrected chi connectivity index (χ2v) is 6.78. The van der Waals surface area contributed by atoms with Crippen molar-refractivity contribution in [2.75, 3.05) is 5.75 Å². The fourth-order valence-corrected chi connectivity index (χ4v) is 3.72. The van der Waals surface area contributed by atoms with Crippen molar-refractivity contribution in [3.8, 4) is 0 Å². The molecule has 0 unspecified atom stereocenters. The largest absolute Gasteiger partial charge is 0.351 e. The van der Waals surface area contributed by atoms with Gasteiger partial charge in [-0.2, -0.15) is 0 Å². The summed E-state index contributed by atoms with van der Waals surface area (Å²) < 4.78 is 4.15. The van der Waals surface area contributed by atoms with E-state index in [1.165, 1.54) is 11.8 Å². The number of ketones is 1. The van der Waals surface area contributed by atoms with Crippen LogP contribution in [0, 0.1) is 13.8 Å². The first kappa shape index (κ1) is 16.6. The van der Waals surface area contributed by atoms with Crippen LogP contribution in [0.1, 0.15) is 21.7 Å². The predicted molar refractivity (Wildman–Crippen MR) is 99.9 cm³/mol. The number of allylic oxidation sites excluding steroid dienone is 1. The zero-order valence-electron chi connectivity index (χ0n) is 14.2. The lowest BCUT2D eigenvalue weighted by molar-refractivity contribution is 0.102. The van der Waals surface area contributed by atoms with Crippen molar-refractivity contribution in [1.29, 1.82) is 0 Å². The van der Waals surface area contributed by atoms with Gasteiger partial charge in [0.05, 0.1) is 16.8 Å². The number of hydrogen-bond donors (Lipinski definition) is 0. The van der Waals surface area contributed by atoms with Crippen LogP contribution in [-0.4, -0.2) is 25.7 Å². The number of hydrogen-bond acceptors (Lipinski definition) is 3. The number of carbonyl (C=O) groups is 1. The second kappa shape index (κ2) is 6.69. The lowest BCUT2D eigenvalue weighted by Gasteiger charge is -2.06. The van der Waals surface area contributed by atoms with Gasteiger partial charge in [0.25, 0.3) is 0 Å². The summed E-state index contributed by atoms with van der Waals surface area (Å²) in [5.74, 6) is 0.517. The Morgan fingerprint density at radius 3 is 2.75 bits per heavy atom. The van der Waals surface area contributed by atoms with Crippen molar-refractivity contribution < 1.29 is 4.79 Å². The van der Waals surface area contributed by atoms with Gasteiger partial charge < -0.3 is 9.13 Å². The van der Waals surface area contributed by atoms with Gasteiger partial charge in [-0.05, 0) is 32.0 Å². The fourth-order valence-electron chi connectivity index (χ4n) is 2.81. The van der Waals surface area contributed by atoms with E-state index < -0.39 is 0 Å². The number of thioether (sulfide) groups is 1. The number of nitrogens with zero attached hydrogens (tertiary/aromatic N) is 3. The lowest BCUT2D eigenvalue weighted by Crippen LogP contribution is -2.06. The van der Waals surface area contributed by atoms with Crippen LogP contribution in [0.3, 0.4) is 0 Å². The van der Waals surface area contributed by atoms with Crippen molar-refractivity contribution in [2.24, 2.45) is 7.05 Å². The van der Waals surface area contributed by atoms with Crippen molar-refractivity contribution >= 4 is 28.6 Å². The van der Waals surface area contributed by atoms with E-state index >= 15 is 0 Å². The molecule has 0 spiro atoms. The molecule has 3 rings (SSSR count). The average Bonchev–Trinajstić information content (AvgIpc) is 3.06. The van der Waals surface area contributed by atoms with Crippen molar-refractivity contribution in [3.63, 3.8) is 0 Å². The smallest absolute Gasteiger partial charge is 0.175 e. The minimum Gasteiger partial charge on any atom is -0.351 e. The predicted octanol–water partition coefficient (Wildman–Crippen LogP) is 4.15. The Morgan fingerprint density at radius 2 is 2.08 bits per heavy atom. The van der Waals surface area contributed by atoms with Gasteiger partial charge in [-0.3, -0.25) is 4.79 Å². The van der Waals surface area contributed by atoms with E-state index in [4.69, 9.17) is 0 Å². The molecule has 0 bridgehead atoms. The van der Waals surface area contributed by atoms with Crippen molar-refractivity contribution in [3.05, 3.63) is 59.9 Å². The molecule has 0 atom stereocenters. The third-order valence-corrected chi connectivity index (χ3v) is 5.32. The molecule has 0 amide bonds. The zero-order chi connectivity index (χ0) is 17.3. The van der Waals surface area contributed by atoms with Crippen LogP contribution in [0.4, 0.5) is 0 Å². The number of imidazole rings is 1. The third kappa shape index (κ3) is 2.91. The molecule has 0 saturated heterocycles. The van der Waals surface area contributed by atoms with Crippen LogP contribution in [0.25, 0.3) is 11.0 Å². The maximum Gasteiger partial charge on any atom is 0.175 e. The molecule has 0 aliphatic carbocycles. The van der Waals surface area contributed by atoms with Crippen LogP contribution >= 0.6 is 11.8 Å². The molecule has 0 N–H and O–H groups in total. The van der Waals surface area contributed by atoms with Crippen LogP contribution in [-0.2, 0) is 13.6 Å². The molecular weight excluding hydrogens is 318 g/mol. The molecule has 0 radical (unpaired) electrons. The first-order chi connectivity index (χ1) is 11.5. The normalized spacial score (nSPS) is 11.1. The summed E-state index contributed by atoms with van der Waals surface area (Å²) in [6, 6.07) is 9.97. The molecule has 0 fully saturated rings. The molecule has 124 valence electrons. The highest BCUT2D eigenvalue weighted by molar-refractivity contribution is 7.99. The Labute approximate surface area is 146 Å². The molecule has 0 saturated carbocycles. The summed E-state index contributed by atoms with van der Waals surface area (Å²) in [7, 11) is 1.98. The summed E-state index contributed by atoms with van der Waals surface area (Å²) in [4.78, 5) is 17.3. The Balaban J connectivity index is 1.85. The average molecular weight is 339 g/mol. The highest BCUT2D eigenvalue weighted by Gasteiger charge is 2.16. The molecule has 2 aromatic heterocycles. The highest BCUT2D eigenvalue weighted by atomic mass is 32.2. The van der Waals surface area contributed by atoms with Crippen LogP contribution < -0.4 is 0 Å². The zero-order valence-corrected chi connectivity index (χ0v) is 15.1. The van der Waals surface area contributed by atoms with Crippen LogP contribution in [0.5, 0.6) is 0 Å². The standard InChI is InChI=1S/C19H21N3OS/c1-5-10-22-17-9-7-6-8-16(17)20-19(22)24-12-18(23)15-11-13(2)21(4)14(15)3/h5-9,11H,1,10,12H2,2-4H3. The number of aromatic nitrogens is 3. The maximum atomic E-state index is 12.6. The number of aryl methyl sites for hydroxylation is 1. The van der Waals surface area contributed by atoms with Gasteiger partial charge in [0.2, 0.25) is 0 Å². The number of carbonyl (C=O) groups excluding carboxylic acids is 1. The van der Waals surface area contributed by atoms with Gasteiger partial charge in [-0.25, -0.2) is 4.98 Å². The van der Waals surface area contributed by atoms with Gasteiger partial charge in [-0.1, -0.05) is 30.0 Å². The van der Waals surface area contributed by atoms with Gasteiger partial charge in [0, 0.05) is 30.5 Å². The number of fused-ring (bicyclic) bond motifs is 1. The third-order valence-electron chi connectivity index (χ3n) is 4.34. The highest BCUT2D eigenvalue weighted by Crippen LogP contribution is 2.25. The van der Waals surface area contributed by atoms with Crippen molar-refractivity contribution in [2.45, 2.75) is 25.5 Å². The van der Waals surface area contributed by atoms with E-state index in [-0.39, 0.29) is 5.78 Å². The minimum absolute atomic E-state index is 0.137. The summed E-state index contributed by atoms with van der Waals surface area (Å²) >= 11 is 1.48. The fraction of sp³-hybridized carbons (Fsp3) is 0.263. The maximum absolute atomic E-state index is 12.6. The molecule has 5 heteroatoms. The molecule has 2 heterocycles. The minimum atomic E-state index is 0.137. The molecule has 0 aliphatic rings. The molecule has 3 aromatic rings. The van der Waals surface area contributed by atoms with E-state index in [2.05, 4.69) is 16.1 Å². The Bertz CT molecular complexity index is 920. The van der Waals surface area contributed by atoms with Gasteiger partial charge in [0.1, 0.15) is 0 Å². The number of benzene rings is 1. The molecular formula is C19H21N3OS. The van der Waals surface area contributed by atoms with E-state index in [0.29, 0.717) is 12.3 Å². The van der Waals surface area contributed by atoms with Crippen molar-refractivity contribution in [1.82, 2.24) is 14.1 Å². The Kier molecular flexibility index (Phi) is 4.62. The quantitative estimate of drug-likeness (QED) is 0.385. The second-order valence-electron chi connectivity index (χ2n) is 5.84. The number of para-hydroxylation sites is 2. The molecule has 24 heavy (non-hydrogen) atoms. The van der Waals surface area contributed by atoms with Crippen LogP contribution in [0.15, 0.2) is 48.1 Å². The monoisotopic (exact) mass is 339 g/mol. The van der Waals surface area contributed by atoms with E-state index in [1.54, 1.807) is 0 Å². The van der Waals surface area contributed by atoms with Gasteiger partial charge >= 0.3 is 0 Å². The Hall–Kier alpha value is -2.27. The molecule has 1 aromatic carbocycles. The van der Waals surface area contributed by atoms with Gasteiger partial charge in [-0.15, -0.1) is 6.58 Å². The topological polar surface area (TPSA) is 39.8 Å². The number of Topliss-reactive ketones (excluding diaryl/α,β-unsaturated/α-hetero) is 1.